The van der Waals surface area contributed by atoms with Crippen LogP contribution in [0.3, 0.4) is 0 Å². The molecule has 6 nitrogen and oxygen atoms in total. The maximum absolute atomic E-state index is 11.9. The van der Waals surface area contributed by atoms with Crippen LogP contribution < -0.4 is 5.32 Å². The summed E-state index contributed by atoms with van der Waals surface area (Å²) >= 11 is 0. The van der Waals surface area contributed by atoms with E-state index in [4.69, 9.17) is 4.74 Å². The number of fused-ring (bicyclic) bond motifs is 1. The zero-order chi connectivity index (χ0) is 14.6. The van der Waals surface area contributed by atoms with Crippen molar-refractivity contribution in [3.05, 3.63) is 18.2 Å². The third-order valence-corrected chi connectivity index (χ3v) is 3.95. The Morgan fingerprint density at radius 1 is 1.55 bits per heavy atom. The lowest BCUT2D eigenvalue weighted by Gasteiger charge is -2.32. The minimum absolute atomic E-state index is 0.196. The van der Waals surface area contributed by atoms with Crippen LogP contribution in [0, 0.1) is 0 Å². The van der Waals surface area contributed by atoms with Gasteiger partial charge in [-0.3, -0.25) is 9.69 Å². The van der Waals surface area contributed by atoms with Gasteiger partial charge in [0.25, 0.3) is 0 Å². The Morgan fingerprint density at radius 2 is 2.35 bits per heavy atom. The second-order valence-electron chi connectivity index (χ2n) is 5.42. The number of esters is 1. The molecule has 0 bridgehead atoms. The number of imidazole rings is 1. The highest BCUT2D eigenvalue weighted by atomic mass is 16.5. The van der Waals surface area contributed by atoms with Crippen molar-refractivity contribution < 1.29 is 9.53 Å². The van der Waals surface area contributed by atoms with Crippen molar-refractivity contribution in [1.29, 1.82) is 0 Å². The summed E-state index contributed by atoms with van der Waals surface area (Å²) in [5.41, 5.74) is -0.615. The molecule has 2 rings (SSSR count). The van der Waals surface area contributed by atoms with Gasteiger partial charge in [0, 0.05) is 32.0 Å². The van der Waals surface area contributed by atoms with Crippen LogP contribution in [0.1, 0.15) is 26.1 Å². The summed E-state index contributed by atoms with van der Waals surface area (Å²) in [4.78, 5) is 18.6. The molecule has 2 heterocycles. The van der Waals surface area contributed by atoms with Crippen LogP contribution in [0.2, 0.25) is 0 Å². The number of rotatable bonds is 6. The largest absolute Gasteiger partial charge is 0.468 e. The number of nitrogens with zero attached hydrogens (tertiary/aromatic N) is 3. The molecular formula is C14H24N4O2. The van der Waals surface area contributed by atoms with Gasteiger partial charge in [0.1, 0.15) is 11.4 Å². The molecule has 1 N–H and O–H groups in total. The Bertz CT molecular complexity index is 460. The molecule has 0 fully saturated rings. The van der Waals surface area contributed by atoms with E-state index in [0.717, 1.165) is 45.0 Å². The summed E-state index contributed by atoms with van der Waals surface area (Å²) in [5, 5.41) is 3.24. The molecule has 1 aliphatic heterocycles. The summed E-state index contributed by atoms with van der Waals surface area (Å²) in [5.74, 6) is 0.900. The van der Waals surface area contributed by atoms with Crippen LogP contribution in [0.15, 0.2) is 12.4 Å². The second kappa shape index (κ2) is 6.37. The van der Waals surface area contributed by atoms with E-state index in [0.29, 0.717) is 0 Å². The van der Waals surface area contributed by atoms with E-state index in [1.54, 1.807) is 0 Å². The third-order valence-electron chi connectivity index (χ3n) is 3.95. The van der Waals surface area contributed by atoms with E-state index in [-0.39, 0.29) is 5.97 Å². The van der Waals surface area contributed by atoms with Crippen LogP contribution in [-0.4, -0.2) is 52.7 Å². The number of hydrogen-bond donors (Lipinski definition) is 1. The lowest BCUT2D eigenvalue weighted by molar-refractivity contribution is -0.148. The first-order chi connectivity index (χ1) is 9.59. The van der Waals surface area contributed by atoms with Crippen molar-refractivity contribution in [2.24, 2.45) is 0 Å². The normalized spacial score (nSPS) is 18.4. The second-order valence-corrected chi connectivity index (χ2v) is 5.42. The first-order valence-electron chi connectivity index (χ1n) is 7.15. The maximum Gasteiger partial charge on any atom is 0.325 e. The van der Waals surface area contributed by atoms with Gasteiger partial charge in [-0.2, -0.15) is 0 Å². The highest BCUT2D eigenvalue weighted by Gasteiger charge is 2.33. The predicted molar refractivity (Wildman–Crippen MR) is 76.2 cm³/mol. The van der Waals surface area contributed by atoms with Crippen LogP contribution in [-0.2, 0) is 22.6 Å². The Morgan fingerprint density at radius 3 is 3.05 bits per heavy atom. The van der Waals surface area contributed by atoms with Gasteiger partial charge in [-0.15, -0.1) is 0 Å². The number of hydrogen-bond acceptors (Lipinski definition) is 5. The van der Waals surface area contributed by atoms with Crippen molar-refractivity contribution in [3.8, 4) is 0 Å². The predicted octanol–water partition coefficient (Wildman–Crippen LogP) is 0.630. The molecule has 0 aliphatic carbocycles. The molecule has 1 atom stereocenters. The van der Waals surface area contributed by atoms with Crippen molar-refractivity contribution in [2.45, 2.75) is 38.9 Å². The number of methoxy groups -OCH3 is 1. The summed E-state index contributed by atoms with van der Waals surface area (Å²) in [6.07, 6.45) is 4.59. The minimum Gasteiger partial charge on any atom is -0.468 e. The lowest BCUT2D eigenvalue weighted by atomic mass is 9.97. The molecule has 0 spiro atoms. The van der Waals surface area contributed by atoms with Gasteiger partial charge in [-0.05, 0) is 19.9 Å². The van der Waals surface area contributed by atoms with E-state index in [9.17, 15) is 4.79 Å². The minimum atomic E-state index is -0.615. The fraction of sp³-hybridized carbons (Fsp3) is 0.714. The van der Waals surface area contributed by atoms with E-state index in [1.165, 1.54) is 7.11 Å². The molecule has 112 valence electrons. The van der Waals surface area contributed by atoms with Gasteiger partial charge < -0.3 is 14.6 Å². The summed E-state index contributed by atoms with van der Waals surface area (Å²) in [6.45, 7) is 8.31. The SMILES string of the molecule is CCNC(C)(CCN1CCn2ccnc2C1)C(=O)OC. The van der Waals surface area contributed by atoms with Gasteiger partial charge in [0.05, 0.1) is 13.7 Å². The molecular weight excluding hydrogens is 256 g/mol. The van der Waals surface area contributed by atoms with Crippen molar-refractivity contribution in [3.63, 3.8) is 0 Å². The molecule has 1 unspecified atom stereocenters. The van der Waals surface area contributed by atoms with E-state index in [2.05, 4.69) is 19.8 Å². The van der Waals surface area contributed by atoms with Crippen molar-refractivity contribution >= 4 is 5.97 Å². The molecule has 1 aliphatic rings. The molecule has 1 aromatic heterocycles. The topological polar surface area (TPSA) is 59.4 Å². The van der Waals surface area contributed by atoms with Gasteiger partial charge >= 0.3 is 5.97 Å². The van der Waals surface area contributed by atoms with Gasteiger partial charge in [-0.25, -0.2) is 4.98 Å². The Hall–Kier alpha value is -1.40. The summed E-state index contributed by atoms with van der Waals surface area (Å²) in [6, 6.07) is 0. The number of nitrogens with one attached hydrogen (secondary N) is 1. The zero-order valence-electron chi connectivity index (χ0n) is 12.6. The summed E-state index contributed by atoms with van der Waals surface area (Å²) in [7, 11) is 1.44. The fourth-order valence-electron chi connectivity index (χ4n) is 2.67. The smallest absolute Gasteiger partial charge is 0.325 e. The Labute approximate surface area is 120 Å². The molecule has 1 aromatic rings. The van der Waals surface area contributed by atoms with Crippen LogP contribution in [0.5, 0.6) is 0 Å². The Kier molecular flexibility index (Phi) is 4.77. The molecule has 6 heteroatoms. The lowest BCUT2D eigenvalue weighted by Crippen LogP contribution is -2.52. The van der Waals surface area contributed by atoms with Crippen LogP contribution in [0.4, 0.5) is 0 Å². The average Bonchev–Trinajstić information content (AvgIpc) is 2.92. The number of likely N-dealkylation sites (N-methyl/N-ethyl adjacent to an activating group) is 1. The van der Waals surface area contributed by atoms with E-state index in [1.807, 2.05) is 26.2 Å². The van der Waals surface area contributed by atoms with E-state index >= 15 is 0 Å². The van der Waals surface area contributed by atoms with Gasteiger partial charge in [0.2, 0.25) is 0 Å². The number of carbonyl (C=O) groups is 1. The standard InChI is InChI=1S/C14H24N4O2/c1-4-16-14(2,13(19)20-3)5-7-17-9-10-18-8-6-15-12(18)11-17/h6,8,16H,4-5,7,9-11H2,1-3H3. The molecule has 0 radical (unpaired) electrons. The van der Waals surface area contributed by atoms with E-state index < -0.39 is 5.54 Å². The fourth-order valence-corrected chi connectivity index (χ4v) is 2.67. The van der Waals surface area contributed by atoms with Crippen molar-refractivity contribution in [1.82, 2.24) is 19.8 Å². The Balaban J connectivity index is 1.92. The molecule has 0 aromatic carbocycles. The highest BCUT2D eigenvalue weighted by Crippen LogP contribution is 2.16. The number of aromatic nitrogens is 2. The van der Waals surface area contributed by atoms with Crippen molar-refractivity contribution in [2.75, 3.05) is 26.7 Å². The maximum atomic E-state index is 11.9. The molecule has 0 saturated carbocycles. The third kappa shape index (κ3) is 3.19. The van der Waals surface area contributed by atoms with Crippen LogP contribution >= 0.6 is 0 Å². The zero-order valence-corrected chi connectivity index (χ0v) is 12.6. The average molecular weight is 280 g/mol. The molecule has 20 heavy (non-hydrogen) atoms. The van der Waals surface area contributed by atoms with Gasteiger partial charge in [0.15, 0.2) is 0 Å². The first kappa shape index (κ1) is 15.0. The first-order valence-corrected chi connectivity index (χ1v) is 7.15. The molecule has 0 amide bonds. The number of carbonyl (C=O) groups excluding carboxylic acids is 1. The van der Waals surface area contributed by atoms with Crippen LogP contribution in [0.25, 0.3) is 0 Å². The summed E-state index contributed by atoms with van der Waals surface area (Å²) < 4.78 is 7.10. The van der Waals surface area contributed by atoms with Gasteiger partial charge in [-0.1, -0.05) is 6.92 Å². The molecule has 0 saturated heterocycles. The number of ether oxygens (including phenoxy) is 1. The monoisotopic (exact) mass is 280 g/mol. The highest BCUT2D eigenvalue weighted by molar-refractivity contribution is 5.80. The quantitative estimate of drug-likeness (QED) is 0.775.